The number of carbonyl (C=O) groups excluding carboxylic acids is 3. The Bertz CT molecular complexity index is 544. The molecule has 1 aliphatic carbocycles. The molecule has 3 amide bonds. The zero-order chi connectivity index (χ0) is 20.7. The average Bonchev–Trinajstić information content (AvgIpc) is 2.61. The molecule has 1 aliphatic heterocycles. The van der Waals surface area contributed by atoms with Gasteiger partial charge in [0.25, 0.3) is 0 Å². The van der Waals surface area contributed by atoms with Gasteiger partial charge in [-0.1, -0.05) is 19.3 Å². The van der Waals surface area contributed by atoms with Crippen LogP contribution in [0.5, 0.6) is 0 Å². The Hall–Kier alpha value is -1.63. The molecule has 160 valence electrons. The Kier molecular flexibility index (Phi) is 8.28. The SMILES string of the molecule is CN(CC(=O)NC(C)(C)C)C(=O)CN1CCN(C(=O)CC2CCCCC2)CC1. The minimum atomic E-state index is -0.304. The van der Waals surface area contributed by atoms with Crippen molar-refractivity contribution in [3.63, 3.8) is 0 Å². The Morgan fingerprint density at radius 1 is 1.00 bits per heavy atom. The predicted molar refractivity (Wildman–Crippen MR) is 110 cm³/mol. The van der Waals surface area contributed by atoms with Gasteiger partial charge < -0.3 is 15.1 Å². The molecule has 0 aromatic rings. The van der Waals surface area contributed by atoms with E-state index < -0.39 is 0 Å². The van der Waals surface area contributed by atoms with Gasteiger partial charge in [-0.05, 0) is 39.5 Å². The molecule has 1 heterocycles. The van der Waals surface area contributed by atoms with E-state index in [1.165, 1.54) is 37.0 Å². The lowest BCUT2D eigenvalue weighted by molar-refractivity contribution is -0.138. The van der Waals surface area contributed by atoms with Crippen LogP contribution in [0.4, 0.5) is 0 Å². The maximum atomic E-state index is 12.5. The van der Waals surface area contributed by atoms with Crippen molar-refractivity contribution in [2.24, 2.45) is 5.92 Å². The van der Waals surface area contributed by atoms with Crippen molar-refractivity contribution in [2.45, 2.75) is 64.8 Å². The summed E-state index contributed by atoms with van der Waals surface area (Å²) >= 11 is 0. The van der Waals surface area contributed by atoms with Gasteiger partial charge in [-0.15, -0.1) is 0 Å². The molecule has 0 atom stereocenters. The molecule has 0 radical (unpaired) electrons. The van der Waals surface area contributed by atoms with Crippen LogP contribution in [0, 0.1) is 5.92 Å². The van der Waals surface area contributed by atoms with E-state index in [2.05, 4.69) is 10.2 Å². The Labute approximate surface area is 169 Å². The topological polar surface area (TPSA) is 73.0 Å². The average molecular weight is 395 g/mol. The van der Waals surface area contributed by atoms with Gasteiger partial charge in [-0.3, -0.25) is 19.3 Å². The van der Waals surface area contributed by atoms with Crippen molar-refractivity contribution in [1.29, 1.82) is 0 Å². The fourth-order valence-corrected chi connectivity index (χ4v) is 4.00. The third-order valence-electron chi connectivity index (χ3n) is 5.59. The molecule has 28 heavy (non-hydrogen) atoms. The van der Waals surface area contributed by atoms with Gasteiger partial charge in [0.2, 0.25) is 17.7 Å². The maximum Gasteiger partial charge on any atom is 0.240 e. The van der Waals surface area contributed by atoms with Crippen molar-refractivity contribution in [2.75, 3.05) is 46.3 Å². The molecule has 0 unspecified atom stereocenters. The summed E-state index contributed by atoms with van der Waals surface area (Å²) in [7, 11) is 1.66. The first kappa shape index (κ1) is 22.7. The Morgan fingerprint density at radius 3 is 2.18 bits per heavy atom. The molecular formula is C21H38N4O3. The lowest BCUT2D eigenvalue weighted by atomic mass is 9.86. The number of likely N-dealkylation sites (N-methyl/N-ethyl adjacent to an activating group) is 1. The monoisotopic (exact) mass is 394 g/mol. The lowest BCUT2D eigenvalue weighted by Gasteiger charge is -2.36. The molecule has 1 saturated carbocycles. The normalized spacial score (nSPS) is 19.4. The van der Waals surface area contributed by atoms with E-state index in [9.17, 15) is 14.4 Å². The zero-order valence-corrected chi connectivity index (χ0v) is 18.1. The molecule has 7 nitrogen and oxygen atoms in total. The van der Waals surface area contributed by atoms with E-state index in [0.717, 1.165) is 0 Å². The fourth-order valence-electron chi connectivity index (χ4n) is 4.00. The summed E-state index contributed by atoms with van der Waals surface area (Å²) in [6.45, 7) is 8.92. The van der Waals surface area contributed by atoms with E-state index in [4.69, 9.17) is 0 Å². The highest BCUT2D eigenvalue weighted by Gasteiger charge is 2.26. The second-order valence-corrected chi connectivity index (χ2v) is 9.41. The summed E-state index contributed by atoms with van der Waals surface area (Å²) in [4.78, 5) is 42.4. The van der Waals surface area contributed by atoms with Crippen molar-refractivity contribution < 1.29 is 14.4 Å². The van der Waals surface area contributed by atoms with E-state index in [-0.39, 0.29) is 29.8 Å². The second-order valence-electron chi connectivity index (χ2n) is 9.41. The van der Waals surface area contributed by atoms with Crippen LogP contribution in [-0.4, -0.2) is 84.3 Å². The van der Waals surface area contributed by atoms with Gasteiger partial charge in [0.15, 0.2) is 0 Å². The molecule has 0 bridgehead atoms. The molecule has 0 aromatic carbocycles. The van der Waals surface area contributed by atoms with Gasteiger partial charge >= 0.3 is 0 Å². The number of hydrogen-bond donors (Lipinski definition) is 1. The standard InChI is InChI=1S/C21H38N4O3/c1-21(2,3)22-18(26)15-23(4)20(28)16-24-10-12-25(13-11-24)19(27)14-17-8-6-5-7-9-17/h17H,5-16H2,1-4H3,(H,22,26). The Morgan fingerprint density at radius 2 is 1.61 bits per heavy atom. The predicted octanol–water partition coefficient (Wildman–Crippen LogP) is 1.47. The number of amides is 3. The zero-order valence-electron chi connectivity index (χ0n) is 18.1. The number of rotatable bonds is 6. The summed E-state index contributed by atoms with van der Waals surface area (Å²) in [6, 6.07) is 0. The molecule has 7 heteroatoms. The minimum Gasteiger partial charge on any atom is -0.350 e. The van der Waals surface area contributed by atoms with Crippen LogP contribution in [0.3, 0.4) is 0 Å². The van der Waals surface area contributed by atoms with E-state index >= 15 is 0 Å². The number of piperazine rings is 1. The van der Waals surface area contributed by atoms with Crippen molar-refractivity contribution >= 4 is 17.7 Å². The van der Waals surface area contributed by atoms with Crippen LogP contribution in [0.2, 0.25) is 0 Å². The van der Waals surface area contributed by atoms with Gasteiger partial charge in [0, 0.05) is 45.2 Å². The lowest BCUT2D eigenvalue weighted by Crippen LogP contribution is -2.52. The summed E-state index contributed by atoms with van der Waals surface area (Å²) < 4.78 is 0. The highest BCUT2D eigenvalue weighted by Crippen LogP contribution is 2.27. The van der Waals surface area contributed by atoms with Crippen LogP contribution in [0.25, 0.3) is 0 Å². The van der Waals surface area contributed by atoms with E-state index in [1.807, 2.05) is 25.7 Å². The van der Waals surface area contributed by atoms with Gasteiger partial charge in [0.05, 0.1) is 13.1 Å². The highest BCUT2D eigenvalue weighted by molar-refractivity contribution is 5.85. The number of nitrogens with one attached hydrogen (secondary N) is 1. The third-order valence-corrected chi connectivity index (χ3v) is 5.59. The van der Waals surface area contributed by atoms with Crippen molar-refractivity contribution in [1.82, 2.24) is 20.0 Å². The molecule has 1 N–H and O–H groups in total. The molecule has 0 spiro atoms. The first-order valence-corrected chi connectivity index (χ1v) is 10.7. The molecule has 1 saturated heterocycles. The van der Waals surface area contributed by atoms with Crippen LogP contribution in [-0.2, 0) is 14.4 Å². The largest absolute Gasteiger partial charge is 0.350 e. The number of carbonyl (C=O) groups is 3. The summed E-state index contributed by atoms with van der Waals surface area (Å²) in [5.41, 5.74) is -0.304. The van der Waals surface area contributed by atoms with E-state index in [1.54, 1.807) is 7.05 Å². The molecular weight excluding hydrogens is 356 g/mol. The Balaban J connectivity index is 1.68. The minimum absolute atomic E-state index is 0.0639. The molecule has 2 fully saturated rings. The molecule has 2 aliphatic rings. The smallest absolute Gasteiger partial charge is 0.240 e. The number of nitrogens with zero attached hydrogens (tertiary/aromatic N) is 3. The van der Waals surface area contributed by atoms with Gasteiger partial charge in [-0.2, -0.15) is 0 Å². The summed E-state index contributed by atoms with van der Waals surface area (Å²) in [6.07, 6.45) is 6.89. The third kappa shape index (κ3) is 7.78. The molecule has 2 rings (SSSR count). The second kappa shape index (κ2) is 10.2. The van der Waals surface area contributed by atoms with Gasteiger partial charge in [0.1, 0.15) is 0 Å². The molecule has 0 aromatic heterocycles. The van der Waals surface area contributed by atoms with Crippen LogP contribution in [0.15, 0.2) is 0 Å². The van der Waals surface area contributed by atoms with Crippen LogP contribution < -0.4 is 5.32 Å². The first-order valence-electron chi connectivity index (χ1n) is 10.7. The van der Waals surface area contributed by atoms with Crippen LogP contribution >= 0.6 is 0 Å². The summed E-state index contributed by atoms with van der Waals surface area (Å²) in [5, 5.41) is 2.87. The van der Waals surface area contributed by atoms with E-state index in [0.29, 0.717) is 45.1 Å². The van der Waals surface area contributed by atoms with Crippen molar-refractivity contribution in [3.05, 3.63) is 0 Å². The fraction of sp³-hybridized carbons (Fsp3) is 0.857. The highest BCUT2D eigenvalue weighted by atomic mass is 16.2. The quantitative estimate of drug-likeness (QED) is 0.741. The summed E-state index contributed by atoms with van der Waals surface area (Å²) in [5.74, 6) is 0.620. The maximum absolute atomic E-state index is 12.5. The van der Waals surface area contributed by atoms with Crippen LogP contribution in [0.1, 0.15) is 59.3 Å². The van der Waals surface area contributed by atoms with Crippen molar-refractivity contribution in [3.8, 4) is 0 Å². The number of hydrogen-bond acceptors (Lipinski definition) is 4. The van der Waals surface area contributed by atoms with Gasteiger partial charge in [-0.25, -0.2) is 0 Å². The first-order chi connectivity index (χ1) is 13.1.